The van der Waals surface area contributed by atoms with E-state index in [-0.39, 0.29) is 23.8 Å². The minimum atomic E-state index is -0.178. The van der Waals surface area contributed by atoms with Crippen LogP contribution in [-0.4, -0.2) is 45.5 Å². The molecule has 0 bridgehead atoms. The van der Waals surface area contributed by atoms with Gasteiger partial charge in [-0.2, -0.15) is 5.10 Å². The number of rotatable bonds is 2. The number of piperidine rings is 1. The maximum absolute atomic E-state index is 13.4. The Hall–Kier alpha value is -2.60. The van der Waals surface area contributed by atoms with E-state index in [1.165, 1.54) is 43.4 Å². The Morgan fingerprint density at radius 1 is 1.17 bits per heavy atom. The molecule has 1 amide bonds. The van der Waals surface area contributed by atoms with Gasteiger partial charge in [-0.25, -0.2) is 4.79 Å². The topological polar surface area (TPSA) is 67.5 Å². The lowest BCUT2D eigenvalue weighted by molar-refractivity contribution is -0.0732. The highest BCUT2D eigenvalue weighted by atomic mass is 16.6. The molecule has 4 fully saturated rings. The largest absolute Gasteiger partial charge is 0.445 e. The summed E-state index contributed by atoms with van der Waals surface area (Å²) < 4.78 is 13.0. The number of aromatic nitrogens is 2. The number of carbonyl (C=O) groups excluding carboxylic acids is 1. The molecule has 1 spiro atoms. The van der Waals surface area contributed by atoms with Gasteiger partial charge < -0.3 is 14.4 Å². The molecule has 9 atom stereocenters. The number of benzene rings is 1. The molecule has 2 aromatic rings. The second-order valence-electron chi connectivity index (χ2n) is 14.9. The van der Waals surface area contributed by atoms with Gasteiger partial charge in [-0.15, -0.1) is 0 Å². The summed E-state index contributed by atoms with van der Waals surface area (Å²) in [6, 6.07) is 10.1. The van der Waals surface area contributed by atoms with Crippen molar-refractivity contribution in [2.75, 3.05) is 6.54 Å². The number of aryl methyl sites for hydroxylation is 1. The standard InChI is InChI=1S/C36H47N3O3/c1-22-19-36(23(2)33-32(42-36)10-7-17-39(33)34(40)41-21-24-8-5-4-6-9-24)16-13-25-26-11-12-29-28-20-37-38-31(28)14-15-35(29,3)30(26)18-27(22)25/h4-6,8-9,20,23,25-26,29-30,32-33H,7,10-19,21H2,1-3H3,(H,37,38)/t23-,25+,26+,29-,30+,32-,33+,35+,36+/m1/s1. The van der Waals surface area contributed by atoms with Gasteiger partial charge in [0.15, 0.2) is 0 Å². The van der Waals surface area contributed by atoms with E-state index in [4.69, 9.17) is 9.47 Å². The van der Waals surface area contributed by atoms with Crippen molar-refractivity contribution in [2.45, 2.75) is 115 Å². The molecule has 1 N–H and O–H groups in total. The van der Waals surface area contributed by atoms with Crippen LogP contribution in [0, 0.1) is 29.1 Å². The van der Waals surface area contributed by atoms with Gasteiger partial charge in [-0.3, -0.25) is 5.10 Å². The number of nitrogens with zero attached hydrogens (tertiary/aromatic N) is 2. The normalized spacial score (nSPS) is 40.5. The van der Waals surface area contributed by atoms with Crippen molar-refractivity contribution in [3.63, 3.8) is 0 Å². The molecule has 6 aliphatic rings. The van der Waals surface area contributed by atoms with Crippen LogP contribution in [0.1, 0.15) is 101 Å². The van der Waals surface area contributed by atoms with Crippen LogP contribution in [0.25, 0.3) is 0 Å². The minimum absolute atomic E-state index is 0.103. The van der Waals surface area contributed by atoms with Gasteiger partial charge in [-0.05, 0) is 111 Å². The van der Waals surface area contributed by atoms with Crippen molar-refractivity contribution >= 4 is 6.09 Å². The Balaban J connectivity index is 1.02. The monoisotopic (exact) mass is 569 g/mol. The van der Waals surface area contributed by atoms with E-state index in [2.05, 4.69) is 37.2 Å². The van der Waals surface area contributed by atoms with Crippen LogP contribution in [0.15, 0.2) is 47.7 Å². The second-order valence-corrected chi connectivity index (χ2v) is 14.9. The molecular formula is C36H47N3O3. The van der Waals surface area contributed by atoms with Crippen molar-refractivity contribution in [3.05, 3.63) is 64.5 Å². The number of allylic oxidation sites excluding steroid dienone is 1. The quantitative estimate of drug-likeness (QED) is 0.379. The predicted molar refractivity (Wildman–Crippen MR) is 162 cm³/mol. The smallest absolute Gasteiger partial charge is 0.410 e. The van der Waals surface area contributed by atoms with Gasteiger partial charge in [-0.1, -0.05) is 55.3 Å². The fourth-order valence-corrected chi connectivity index (χ4v) is 11.1. The molecule has 1 aromatic carbocycles. The maximum atomic E-state index is 13.4. The molecule has 3 heterocycles. The molecule has 2 saturated heterocycles. The Morgan fingerprint density at radius 2 is 2.02 bits per heavy atom. The van der Waals surface area contributed by atoms with Crippen LogP contribution in [0.4, 0.5) is 4.79 Å². The summed E-state index contributed by atoms with van der Waals surface area (Å²) in [5, 5.41) is 7.75. The molecule has 0 unspecified atom stereocenters. The molecule has 6 heteroatoms. The zero-order chi connectivity index (χ0) is 28.6. The molecule has 2 aliphatic heterocycles. The number of likely N-dealkylation sites (tertiary alicyclic amines) is 1. The SMILES string of the molecule is CC1=C2C[C@H]3[C@@H](CC[C@@H]4c5cn[nH]c5CC[C@@]43C)[C@@H]2CC[C@@]2(C1)O[C@@H]1CCCN(C(=O)OCc3ccccc3)[C@H]1[C@H]2C. The molecule has 4 aliphatic carbocycles. The maximum Gasteiger partial charge on any atom is 0.410 e. The number of hydrogen-bond acceptors (Lipinski definition) is 4. The van der Waals surface area contributed by atoms with Crippen LogP contribution >= 0.6 is 0 Å². The average molecular weight is 570 g/mol. The van der Waals surface area contributed by atoms with Gasteiger partial charge in [0.25, 0.3) is 0 Å². The molecule has 8 rings (SSSR count). The van der Waals surface area contributed by atoms with Crippen molar-refractivity contribution in [1.82, 2.24) is 15.1 Å². The second kappa shape index (κ2) is 9.97. The first-order valence-electron chi connectivity index (χ1n) is 16.7. The highest BCUT2D eigenvalue weighted by Gasteiger charge is 2.60. The van der Waals surface area contributed by atoms with Crippen LogP contribution in [0.5, 0.6) is 0 Å². The van der Waals surface area contributed by atoms with E-state index in [0.717, 1.165) is 56.0 Å². The van der Waals surface area contributed by atoms with Crippen LogP contribution in [-0.2, 0) is 22.5 Å². The molecule has 1 aromatic heterocycles. The first-order chi connectivity index (χ1) is 20.4. The number of hydrogen-bond donors (Lipinski definition) is 1. The summed E-state index contributed by atoms with van der Waals surface area (Å²) in [6.07, 6.45) is 13.8. The highest BCUT2D eigenvalue weighted by Crippen LogP contribution is 2.66. The Morgan fingerprint density at radius 3 is 2.88 bits per heavy atom. The number of H-pyrrole nitrogens is 1. The fourth-order valence-electron chi connectivity index (χ4n) is 11.1. The number of aromatic amines is 1. The lowest BCUT2D eigenvalue weighted by Crippen LogP contribution is -2.52. The molecular weight excluding hydrogens is 522 g/mol. The van der Waals surface area contributed by atoms with Crippen molar-refractivity contribution in [3.8, 4) is 0 Å². The van der Waals surface area contributed by atoms with E-state index < -0.39 is 0 Å². The summed E-state index contributed by atoms with van der Waals surface area (Å²) >= 11 is 0. The third-order valence-corrected chi connectivity index (χ3v) is 13.2. The van der Waals surface area contributed by atoms with Crippen LogP contribution in [0.2, 0.25) is 0 Å². The third-order valence-electron chi connectivity index (χ3n) is 13.2. The van der Waals surface area contributed by atoms with E-state index >= 15 is 0 Å². The Kier molecular flexibility index (Phi) is 6.41. The number of fused-ring (bicyclic) bond motifs is 8. The summed E-state index contributed by atoms with van der Waals surface area (Å²) in [7, 11) is 0. The highest BCUT2D eigenvalue weighted by molar-refractivity contribution is 5.68. The lowest BCUT2D eigenvalue weighted by Gasteiger charge is -2.52. The van der Waals surface area contributed by atoms with Crippen LogP contribution < -0.4 is 0 Å². The van der Waals surface area contributed by atoms with Crippen molar-refractivity contribution in [2.24, 2.45) is 29.1 Å². The number of nitrogens with one attached hydrogen (secondary N) is 1. The molecule has 224 valence electrons. The van der Waals surface area contributed by atoms with Gasteiger partial charge in [0.05, 0.1) is 23.9 Å². The summed E-state index contributed by atoms with van der Waals surface area (Å²) in [5.41, 5.74) is 7.51. The predicted octanol–water partition coefficient (Wildman–Crippen LogP) is 7.57. The van der Waals surface area contributed by atoms with E-state index in [0.29, 0.717) is 29.8 Å². The number of ether oxygens (including phenoxy) is 2. The Bertz CT molecular complexity index is 1380. The molecule has 0 radical (unpaired) electrons. The van der Waals surface area contributed by atoms with Gasteiger partial charge in [0, 0.05) is 18.2 Å². The average Bonchev–Trinajstić information content (AvgIpc) is 3.68. The first kappa shape index (κ1) is 27.0. The van der Waals surface area contributed by atoms with Gasteiger partial charge in [0.1, 0.15) is 6.61 Å². The molecule has 42 heavy (non-hydrogen) atoms. The Labute approximate surface area is 250 Å². The van der Waals surface area contributed by atoms with Crippen LogP contribution in [0.3, 0.4) is 0 Å². The van der Waals surface area contributed by atoms with E-state index in [9.17, 15) is 4.79 Å². The van der Waals surface area contributed by atoms with Gasteiger partial charge >= 0.3 is 6.09 Å². The lowest BCUT2D eigenvalue weighted by atomic mass is 9.52. The van der Waals surface area contributed by atoms with Crippen molar-refractivity contribution < 1.29 is 14.3 Å². The summed E-state index contributed by atoms with van der Waals surface area (Å²) in [4.78, 5) is 15.4. The number of amides is 1. The third kappa shape index (κ3) is 3.99. The minimum Gasteiger partial charge on any atom is -0.445 e. The zero-order valence-electron chi connectivity index (χ0n) is 25.6. The molecule has 2 saturated carbocycles. The van der Waals surface area contributed by atoms with Crippen molar-refractivity contribution in [1.29, 1.82) is 0 Å². The summed E-state index contributed by atoms with van der Waals surface area (Å²) in [6.45, 7) is 8.50. The number of carbonyl (C=O) groups is 1. The van der Waals surface area contributed by atoms with E-state index in [1.807, 2.05) is 35.2 Å². The van der Waals surface area contributed by atoms with E-state index in [1.54, 1.807) is 11.1 Å². The summed E-state index contributed by atoms with van der Waals surface area (Å²) in [5.74, 6) is 3.22. The van der Waals surface area contributed by atoms with Gasteiger partial charge in [0.2, 0.25) is 0 Å². The fraction of sp³-hybridized carbons (Fsp3) is 0.667. The first-order valence-corrected chi connectivity index (χ1v) is 16.7. The molecule has 6 nitrogen and oxygen atoms in total. The zero-order valence-corrected chi connectivity index (χ0v) is 25.6.